The highest BCUT2D eigenvalue weighted by Crippen LogP contribution is 2.27. The standard InChI is InChI=1S/C16H24N2O2/c17-15(9-6-13-4-2-1-3-5-13)12-14-7-10-16(11-8-14)18(19)20/h7-8,10-11,13,15H,1-6,9,12,17H2. The molecule has 0 amide bonds. The van der Waals surface area contributed by atoms with Gasteiger partial charge in [-0.25, -0.2) is 0 Å². The van der Waals surface area contributed by atoms with E-state index >= 15 is 0 Å². The molecule has 0 aliphatic heterocycles. The molecule has 0 spiro atoms. The first-order valence-electron chi connectivity index (χ1n) is 7.64. The first-order valence-corrected chi connectivity index (χ1v) is 7.64. The second kappa shape index (κ2) is 7.39. The van der Waals surface area contributed by atoms with Gasteiger partial charge in [-0.15, -0.1) is 0 Å². The first-order chi connectivity index (χ1) is 9.65. The summed E-state index contributed by atoms with van der Waals surface area (Å²) in [6.07, 6.45) is 9.98. The van der Waals surface area contributed by atoms with Crippen molar-refractivity contribution in [3.63, 3.8) is 0 Å². The van der Waals surface area contributed by atoms with Crippen LogP contribution in [0, 0.1) is 16.0 Å². The lowest BCUT2D eigenvalue weighted by Gasteiger charge is -2.23. The topological polar surface area (TPSA) is 69.2 Å². The van der Waals surface area contributed by atoms with E-state index in [9.17, 15) is 10.1 Å². The molecule has 1 aromatic rings. The van der Waals surface area contributed by atoms with E-state index in [1.165, 1.54) is 38.5 Å². The molecule has 4 heteroatoms. The normalized spacial score (nSPS) is 17.9. The molecule has 0 aromatic heterocycles. The van der Waals surface area contributed by atoms with Crippen LogP contribution in [-0.4, -0.2) is 11.0 Å². The van der Waals surface area contributed by atoms with Crippen molar-refractivity contribution in [3.05, 3.63) is 39.9 Å². The Morgan fingerprint density at radius 1 is 1.20 bits per heavy atom. The number of nitro groups is 1. The molecule has 1 atom stereocenters. The SMILES string of the molecule is NC(CCC1CCCCC1)Cc1ccc([N+](=O)[O-])cc1. The highest BCUT2D eigenvalue weighted by atomic mass is 16.6. The molecule has 1 saturated carbocycles. The van der Waals surface area contributed by atoms with Crippen molar-refractivity contribution >= 4 is 5.69 Å². The van der Waals surface area contributed by atoms with Gasteiger partial charge in [0, 0.05) is 18.2 Å². The minimum absolute atomic E-state index is 0.143. The Bertz CT molecular complexity index is 425. The average Bonchev–Trinajstić information content (AvgIpc) is 2.47. The maximum Gasteiger partial charge on any atom is 0.269 e. The van der Waals surface area contributed by atoms with E-state index < -0.39 is 0 Å². The van der Waals surface area contributed by atoms with Crippen LogP contribution in [0.15, 0.2) is 24.3 Å². The zero-order valence-corrected chi connectivity index (χ0v) is 12.0. The number of nitrogens with zero attached hydrogens (tertiary/aromatic N) is 1. The Balaban J connectivity index is 1.75. The van der Waals surface area contributed by atoms with E-state index in [2.05, 4.69) is 0 Å². The van der Waals surface area contributed by atoms with Crippen molar-refractivity contribution < 1.29 is 4.92 Å². The van der Waals surface area contributed by atoms with Crippen LogP contribution in [0.3, 0.4) is 0 Å². The molecule has 0 radical (unpaired) electrons. The van der Waals surface area contributed by atoms with E-state index in [0.717, 1.165) is 24.3 Å². The lowest BCUT2D eigenvalue weighted by atomic mass is 9.85. The number of nitro benzene ring substituents is 1. The first kappa shape index (κ1) is 15.0. The Labute approximate surface area is 120 Å². The van der Waals surface area contributed by atoms with Crippen LogP contribution in [-0.2, 0) is 6.42 Å². The molecule has 0 heterocycles. The summed E-state index contributed by atoms with van der Waals surface area (Å²) in [4.78, 5) is 10.2. The van der Waals surface area contributed by atoms with E-state index in [0.29, 0.717) is 0 Å². The van der Waals surface area contributed by atoms with E-state index in [1.54, 1.807) is 12.1 Å². The third-order valence-electron chi connectivity index (χ3n) is 4.32. The summed E-state index contributed by atoms with van der Waals surface area (Å²) in [5.41, 5.74) is 7.42. The van der Waals surface area contributed by atoms with Crippen molar-refractivity contribution in [2.24, 2.45) is 11.7 Å². The average molecular weight is 276 g/mol. The molecule has 1 unspecified atom stereocenters. The number of benzene rings is 1. The van der Waals surface area contributed by atoms with Crippen molar-refractivity contribution in [2.75, 3.05) is 0 Å². The molecule has 1 aliphatic carbocycles. The van der Waals surface area contributed by atoms with Gasteiger partial charge in [-0.05, 0) is 30.7 Å². The Hall–Kier alpha value is -1.42. The number of hydrogen-bond donors (Lipinski definition) is 1. The van der Waals surface area contributed by atoms with Crippen LogP contribution in [0.1, 0.15) is 50.5 Å². The zero-order valence-electron chi connectivity index (χ0n) is 12.0. The molecule has 0 saturated heterocycles. The monoisotopic (exact) mass is 276 g/mol. The molecule has 0 bridgehead atoms. The summed E-state index contributed by atoms with van der Waals surface area (Å²) in [6, 6.07) is 6.92. The van der Waals surface area contributed by atoms with Gasteiger partial charge in [-0.3, -0.25) is 10.1 Å². The number of nitrogens with two attached hydrogens (primary N) is 1. The quantitative estimate of drug-likeness (QED) is 0.634. The minimum atomic E-state index is -0.368. The summed E-state index contributed by atoms with van der Waals surface area (Å²) >= 11 is 0. The van der Waals surface area contributed by atoms with Gasteiger partial charge in [0.1, 0.15) is 0 Å². The van der Waals surface area contributed by atoms with Crippen LogP contribution in [0.2, 0.25) is 0 Å². The third-order valence-corrected chi connectivity index (χ3v) is 4.32. The maximum absolute atomic E-state index is 10.6. The summed E-state index contributed by atoms with van der Waals surface area (Å²) in [5, 5.41) is 10.6. The summed E-state index contributed by atoms with van der Waals surface area (Å²) in [6.45, 7) is 0. The smallest absolute Gasteiger partial charge is 0.269 e. The van der Waals surface area contributed by atoms with E-state index in [-0.39, 0.29) is 16.7 Å². The Morgan fingerprint density at radius 3 is 2.45 bits per heavy atom. The molecule has 2 N–H and O–H groups in total. The van der Waals surface area contributed by atoms with Gasteiger partial charge in [0.15, 0.2) is 0 Å². The van der Waals surface area contributed by atoms with Crippen molar-refractivity contribution in [1.82, 2.24) is 0 Å². The molecule has 4 nitrogen and oxygen atoms in total. The fourth-order valence-corrected chi connectivity index (χ4v) is 3.08. The number of non-ortho nitro benzene ring substituents is 1. The maximum atomic E-state index is 10.6. The van der Waals surface area contributed by atoms with Crippen LogP contribution in [0.4, 0.5) is 5.69 Å². The van der Waals surface area contributed by atoms with E-state index in [4.69, 9.17) is 5.73 Å². The van der Waals surface area contributed by atoms with Crippen LogP contribution in [0.5, 0.6) is 0 Å². The lowest BCUT2D eigenvalue weighted by Crippen LogP contribution is -2.24. The molecule has 110 valence electrons. The lowest BCUT2D eigenvalue weighted by molar-refractivity contribution is -0.384. The second-order valence-corrected chi connectivity index (χ2v) is 5.97. The number of hydrogen-bond acceptors (Lipinski definition) is 3. The number of rotatable bonds is 6. The third kappa shape index (κ3) is 4.60. The molecule has 20 heavy (non-hydrogen) atoms. The van der Waals surface area contributed by atoms with Crippen molar-refractivity contribution in [1.29, 1.82) is 0 Å². The van der Waals surface area contributed by atoms with Gasteiger partial charge < -0.3 is 5.73 Å². The van der Waals surface area contributed by atoms with Gasteiger partial charge in [-0.2, -0.15) is 0 Å². The highest BCUT2D eigenvalue weighted by molar-refractivity contribution is 5.33. The predicted molar refractivity (Wildman–Crippen MR) is 80.6 cm³/mol. The Kier molecular flexibility index (Phi) is 5.53. The molecule has 2 rings (SSSR count). The van der Waals surface area contributed by atoms with Crippen molar-refractivity contribution in [2.45, 2.75) is 57.4 Å². The van der Waals surface area contributed by atoms with Crippen molar-refractivity contribution in [3.8, 4) is 0 Å². The highest BCUT2D eigenvalue weighted by Gasteiger charge is 2.15. The van der Waals surface area contributed by atoms with Gasteiger partial charge >= 0.3 is 0 Å². The van der Waals surface area contributed by atoms with Gasteiger partial charge in [0.05, 0.1) is 4.92 Å². The summed E-state index contributed by atoms with van der Waals surface area (Å²) in [7, 11) is 0. The molecule has 1 aliphatic rings. The summed E-state index contributed by atoms with van der Waals surface area (Å²) < 4.78 is 0. The fraction of sp³-hybridized carbons (Fsp3) is 0.625. The predicted octanol–water partition coefficient (Wildman–Crippen LogP) is 3.83. The molecular formula is C16H24N2O2. The van der Waals surface area contributed by atoms with Crippen LogP contribution >= 0.6 is 0 Å². The minimum Gasteiger partial charge on any atom is -0.327 e. The Morgan fingerprint density at radius 2 is 1.85 bits per heavy atom. The van der Waals surface area contributed by atoms with Crippen LogP contribution in [0.25, 0.3) is 0 Å². The zero-order chi connectivity index (χ0) is 14.4. The fourth-order valence-electron chi connectivity index (χ4n) is 3.08. The van der Waals surface area contributed by atoms with Gasteiger partial charge in [-0.1, -0.05) is 44.2 Å². The summed E-state index contributed by atoms with van der Waals surface area (Å²) in [5.74, 6) is 0.867. The van der Waals surface area contributed by atoms with E-state index in [1.807, 2.05) is 12.1 Å². The molecule has 1 fully saturated rings. The molecular weight excluding hydrogens is 252 g/mol. The van der Waals surface area contributed by atoms with Gasteiger partial charge in [0.25, 0.3) is 5.69 Å². The molecule has 1 aromatic carbocycles. The van der Waals surface area contributed by atoms with Gasteiger partial charge in [0.2, 0.25) is 0 Å². The second-order valence-electron chi connectivity index (χ2n) is 5.97. The largest absolute Gasteiger partial charge is 0.327 e. The van der Waals surface area contributed by atoms with Crippen LogP contribution < -0.4 is 5.73 Å².